The number of hydrogen-bond acceptors (Lipinski definition) is 5. The number of nitrogens with one attached hydrogen (secondary N) is 1. The van der Waals surface area contributed by atoms with Crippen LogP contribution >= 0.6 is 34.7 Å². The number of ether oxygens (including phenoxy) is 1. The van der Waals surface area contributed by atoms with Crippen LogP contribution in [0.4, 0.5) is 5.69 Å². The van der Waals surface area contributed by atoms with Crippen molar-refractivity contribution in [2.75, 3.05) is 5.32 Å². The molecule has 158 valence electrons. The van der Waals surface area contributed by atoms with Gasteiger partial charge in [-0.15, -0.1) is 11.3 Å². The summed E-state index contributed by atoms with van der Waals surface area (Å²) in [6, 6.07) is 21.4. The molecule has 1 atom stereocenters. The first-order valence-electron chi connectivity index (χ1n) is 9.79. The fraction of sp³-hybridized carbons (Fsp3) is 0.167. The first-order valence-corrected chi connectivity index (χ1v) is 12.0. The summed E-state index contributed by atoms with van der Waals surface area (Å²) in [7, 11) is 0. The monoisotopic (exact) mass is 468 g/mol. The molecule has 1 heterocycles. The zero-order chi connectivity index (χ0) is 21.8. The highest BCUT2D eigenvalue weighted by atomic mass is 35.5. The quantitative estimate of drug-likeness (QED) is 0.298. The summed E-state index contributed by atoms with van der Waals surface area (Å²) < 4.78 is 7.86. The van der Waals surface area contributed by atoms with Crippen molar-refractivity contribution in [3.8, 4) is 5.75 Å². The average molecular weight is 469 g/mol. The molecule has 4 rings (SSSR count). The molecule has 0 bridgehead atoms. The van der Waals surface area contributed by atoms with Gasteiger partial charge in [-0.1, -0.05) is 53.7 Å². The van der Waals surface area contributed by atoms with E-state index >= 15 is 0 Å². The molecule has 4 nitrogen and oxygen atoms in total. The minimum atomic E-state index is -0.644. The minimum absolute atomic E-state index is 0.211. The van der Waals surface area contributed by atoms with Crippen molar-refractivity contribution in [1.29, 1.82) is 0 Å². The van der Waals surface area contributed by atoms with Crippen LogP contribution in [0.25, 0.3) is 10.2 Å². The molecule has 31 heavy (non-hydrogen) atoms. The fourth-order valence-corrected chi connectivity index (χ4v) is 5.29. The minimum Gasteiger partial charge on any atom is -0.481 e. The first kappa shape index (κ1) is 21.7. The lowest BCUT2D eigenvalue weighted by Gasteiger charge is -2.16. The molecule has 0 aliphatic carbocycles. The predicted molar refractivity (Wildman–Crippen MR) is 131 cm³/mol. The van der Waals surface area contributed by atoms with E-state index in [1.807, 2.05) is 49.4 Å². The molecular formula is C24H21ClN2O2S2. The molecule has 0 spiro atoms. The Hall–Kier alpha value is -2.54. The van der Waals surface area contributed by atoms with Crippen LogP contribution in [0.15, 0.2) is 71.1 Å². The van der Waals surface area contributed by atoms with Gasteiger partial charge in [0.05, 0.1) is 10.2 Å². The van der Waals surface area contributed by atoms with Gasteiger partial charge in [0.2, 0.25) is 0 Å². The molecule has 0 aliphatic heterocycles. The average Bonchev–Trinajstić information content (AvgIpc) is 3.17. The third-order valence-electron chi connectivity index (χ3n) is 4.65. The number of halogens is 1. The number of aryl methyl sites for hydroxylation is 1. The summed E-state index contributed by atoms with van der Waals surface area (Å²) in [5, 5.41) is 3.57. The smallest absolute Gasteiger partial charge is 0.265 e. The van der Waals surface area contributed by atoms with E-state index in [2.05, 4.69) is 22.4 Å². The molecule has 0 radical (unpaired) electrons. The van der Waals surface area contributed by atoms with Crippen molar-refractivity contribution < 1.29 is 9.53 Å². The van der Waals surface area contributed by atoms with Crippen LogP contribution in [-0.4, -0.2) is 17.0 Å². The number of anilines is 1. The Morgan fingerprint density at radius 2 is 1.97 bits per heavy atom. The molecule has 0 fully saturated rings. The Kier molecular flexibility index (Phi) is 6.80. The topological polar surface area (TPSA) is 51.2 Å². The lowest BCUT2D eigenvalue weighted by atomic mass is 10.2. The van der Waals surface area contributed by atoms with Crippen LogP contribution in [0.1, 0.15) is 18.1 Å². The van der Waals surface area contributed by atoms with Crippen LogP contribution in [0.2, 0.25) is 5.02 Å². The van der Waals surface area contributed by atoms with Gasteiger partial charge >= 0.3 is 0 Å². The summed E-state index contributed by atoms with van der Waals surface area (Å²) in [5.74, 6) is 1.31. The molecule has 0 saturated carbocycles. The Morgan fingerprint density at radius 3 is 2.74 bits per heavy atom. The Bertz CT molecular complexity index is 1210. The number of thioether (sulfide) groups is 1. The second-order valence-corrected chi connectivity index (χ2v) is 9.79. The maximum atomic E-state index is 12.6. The van der Waals surface area contributed by atoms with Crippen molar-refractivity contribution in [1.82, 2.24) is 4.98 Å². The first-order chi connectivity index (χ1) is 15.0. The van der Waals surface area contributed by atoms with Gasteiger partial charge in [0, 0.05) is 16.5 Å². The normalized spacial score (nSPS) is 12.0. The number of fused-ring (bicyclic) bond motifs is 1. The fourth-order valence-electron chi connectivity index (χ4n) is 3.00. The second kappa shape index (κ2) is 9.73. The number of hydrogen-bond donors (Lipinski definition) is 1. The van der Waals surface area contributed by atoms with Crippen molar-refractivity contribution >= 4 is 56.5 Å². The van der Waals surface area contributed by atoms with Gasteiger partial charge in [-0.05, 0) is 61.4 Å². The van der Waals surface area contributed by atoms with Crippen molar-refractivity contribution in [2.45, 2.75) is 30.0 Å². The molecule has 3 aromatic carbocycles. The van der Waals surface area contributed by atoms with E-state index in [0.29, 0.717) is 10.8 Å². The number of thiazole rings is 1. The SMILES string of the molecule is Cc1cc(Cl)ccc1O[C@H](C)C(=O)Nc1ccc2nc(SCc3ccccc3)sc2c1. The molecule has 4 aromatic rings. The van der Waals surface area contributed by atoms with Crippen LogP contribution in [-0.2, 0) is 10.5 Å². The zero-order valence-electron chi connectivity index (χ0n) is 17.1. The van der Waals surface area contributed by atoms with E-state index in [4.69, 9.17) is 16.3 Å². The summed E-state index contributed by atoms with van der Waals surface area (Å²) in [6.07, 6.45) is -0.644. The van der Waals surface area contributed by atoms with E-state index in [-0.39, 0.29) is 5.91 Å². The molecule has 7 heteroatoms. The summed E-state index contributed by atoms with van der Waals surface area (Å²) >= 11 is 9.33. The summed E-state index contributed by atoms with van der Waals surface area (Å²) in [4.78, 5) is 17.3. The van der Waals surface area contributed by atoms with E-state index in [1.165, 1.54) is 5.56 Å². The molecule has 1 amide bonds. The van der Waals surface area contributed by atoms with Crippen LogP contribution in [0.3, 0.4) is 0 Å². The number of carbonyl (C=O) groups excluding carboxylic acids is 1. The van der Waals surface area contributed by atoms with Gasteiger partial charge in [-0.2, -0.15) is 0 Å². The van der Waals surface area contributed by atoms with Crippen LogP contribution in [0, 0.1) is 6.92 Å². The van der Waals surface area contributed by atoms with Crippen molar-refractivity contribution in [3.63, 3.8) is 0 Å². The Morgan fingerprint density at radius 1 is 1.16 bits per heavy atom. The van der Waals surface area contributed by atoms with Crippen LogP contribution < -0.4 is 10.1 Å². The highest BCUT2D eigenvalue weighted by Gasteiger charge is 2.16. The molecule has 0 aliphatic rings. The van der Waals surface area contributed by atoms with Gasteiger partial charge in [0.15, 0.2) is 10.4 Å². The molecule has 0 saturated heterocycles. The highest BCUT2D eigenvalue weighted by molar-refractivity contribution is 8.00. The van der Waals surface area contributed by atoms with Gasteiger partial charge in [0.25, 0.3) is 5.91 Å². The standard InChI is InChI=1S/C24H21ClN2O2S2/c1-15-12-18(25)8-11-21(15)29-16(2)23(28)26-19-9-10-20-22(13-19)31-24(27-20)30-14-17-6-4-3-5-7-17/h3-13,16H,14H2,1-2H3,(H,26,28)/t16-/m1/s1. The van der Waals surface area contributed by atoms with Gasteiger partial charge in [-0.25, -0.2) is 4.98 Å². The number of rotatable bonds is 7. The van der Waals surface area contributed by atoms with E-state index < -0.39 is 6.10 Å². The van der Waals surface area contributed by atoms with Gasteiger partial charge < -0.3 is 10.1 Å². The Labute approximate surface area is 194 Å². The Balaban J connectivity index is 1.40. The summed E-state index contributed by atoms with van der Waals surface area (Å²) in [6.45, 7) is 3.63. The number of amides is 1. The van der Waals surface area contributed by atoms with Gasteiger partial charge in [0.1, 0.15) is 5.75 Å². The maximum Gasteiger partial charge on any atom is 0.265 e. The van der Waals surface area contributed by atoms with E-state index in [9.17, 15) is 4.79 Å². The van der Waals surface area contributed by atoms with Crippen molar-refractivity contribution in [3.05, 3.63) is 82.9 Å². The molecule has 1 aromatic heterocycles. The zero-order valence-corrected chi connectivity index (χ0v) is 19.5. The van der Waals surface area contributed by atoms with E-state index in [1.54, 1.807) is 42.2 Å². The molecular weight excluding hydrogens is 448 g/mol. The van der Waals surface area contributed by atoms with Crippen molar-refractivity contribution in [2.24, 2.45) is 0 Å². The van der Waals surface area contributed by atoms with E-state index in [0.717, 1.165) is 31.6 Å². The third kappa shape index (κ3) is 5.58. The predicted octanol–water partition coefficient (Wildman–Crippen LogP) is 6.96. The number of benzene rings is 3. The number of aromatic nitrogens is 1. The molecule has 1 N–H and O–H groups in total. The number of carbonyl (C=O) groups is 1. The highest BCUT2D eigenvalue weighted by Crippen LogP contribution is 2.33. The lowest BCUT2D eigenvalue weighted by Crippen LogP contribution is -2.30. The largest absolute Gasteiger partial charge is 0.481 e. The van der Waals surface area contributed by atoms with Crippen LogP contribution in [0.5, 0.6) is 5.75 Å². The molecule has 0 unspecified atom stereocenters. The maximum absolute atomic E-state index is 12.6. The lowest BCUT2D eigenvalue weighted by molar-refractivity contribution is -0.122. The second-order valence-electron chi connectivity index (χ2n) is 7.10. The number of nitrogens with zero attached hydrogens (tertiary/aromatic N) is 1. The third-order valence-corrected chi connectivity index (χ3v) is 7.12. The van der Waals surface area contributed by atoms with Gasteiger partial charge in [-0.3, -0.25) is 4.79 Å². The summed E-state index contributed by atoms with van der Waals surface area (Å²) in [5.41, 5.74) is 3.81.